The van der Waals surface area contributed by atoms with E-state index in [9.17, 15) is 4.79 Å². The number of hydrogen-bond donors (Lipinski definition) is 0. The van der Waals surface area contributed by atoms with Crippen LogP contribution in [0.15, 0.2) is 0 Å². The first-order chi connectivity index (χ1) is 8.18. The van der Waals surface area contributed by atoms with E-state index in [0.717, 1.165) is 32.0 Å². The van der Waals surface area contributed by atoms with Gasteiger partial charge in [-0.15, -0.1) is 0 Å². The van der Waals surface area contributed by atoms with Crippen LogP contribution in [0.4, 0.5) is 0 Å². The van der Waals surface area contributed by atoms with Gasteiger partial charge in [0, 0.05) is 13.0 Å². The minimum Gasteiger partial charge on any atom is -0.377 e. The average molecular weight is 241 g/mol. The number of carbonyl (C=O) groups excluding carboxylic acids is 1. The molecule has 100 valence electrons. The maximum atomic E-state index is 12.1. The molecule has 0 unspecified atom stereocenters. The Morgan fingerprint density at radius 2 is 1.65 bits per heavy atom. The Hall–Kier alpha value is -0.570. The standard InChI is InChI=1S/C12H21NO2.C2H6/c1-9-3-5-10(6-4-9)12(14)13(2)11-7-15-8-11;1-2/h9-11H,3-8H2,1-2H3;1-2H3. The first-order valence-corrected chi connectivity index (χ1v) is 7.03. The number of hydrogen-bond acceptors (Lipinski definition) is 2. The highest BCUT2D eigenvalue weighted by Gasteiger charge is 2.32. The predicted molar refractivity (Wildman–Crippen MR) is 69.8 cm³/mol. The normalized spacial score (nSPS) is 28.7. The summed E-state index contributed by atoms with van der Waals surface area (Å²) in [5.41, 5.74) is 0. The Balaban J connectivity index is 0.000000686. The zero-order chi connectivity index (χ0) is 12.8. The van der Waals surface area contributed by atoms with Gasteiger partial charge in [-0.1, -0.05) is 20.8 Å². The molecule has 1 saturated heterocycles. The number of likely N-dealkylation sites (N-methyl/N-ethyl adjacent to an activating group) is 1. The second-order valence-corrected chi connectivity index (χ2v) is 5.10. The largest absolute Gasteiger partial charge is 0.377 e. The van der Waals surface area contributed by atoms with E-state index < -0.39 is 0 Å². The van der Waals surface area contributed by atoms with E-state index in [0.29, 0.717) is 11.9 Å². The lowest BCUT2D eigenvalue weighted by Gasteiger charge is -2.37. The molecule has 0 aromatic rings. The summed E-state index contributed by atoms with van der Waals surface area (Å²) in [6.45, 7) is 7.74. The summed E-state index contributed by atoms with van der Waals surface area (Å²) in [5, 5.41) is 0. The van der Waals surface area contributed by atoms with Crippen molar-refractivity contribution in [2.75, 3.05) is 20.3 Å². The number of ether oxygens (including phenoxy) is 1. The molecule has 1 heterocycles. The van der Waals surface area contributed by atoms with E-state index in [4.69, 9.17) is 4.74 Å². The van der Waals surface area contributed by atoms with Gasteiger partial charge in [-0.2, -0.15) is 0 Å². The molecule has 1 aliphatic carbocycles. The Labute approximate surface area is 106 Å². The highest BCUT2D eigenvalue weighted by atomic mass is 16.5. The highest BCUT2D eigenvalue weighted by Crippen LogP contribution is 2.30. The van der Waals surface area contributed by atoms with Crippen molar-refractivity contribution in [3.8, 4) is 0 Å². The molecule has 0 bridgehead atoms. The lowest BCUT2D eigenvalue weighted by atomic mass is 9.82. The molecule has 0 spiro atoms. The number of nitrogens with zero attached hydrogens (tertiary/aromatic N) is 1. The van der Waals surface area contributed by atoms with Crippen molar-refractivity contribution in [3.63, 3.8) is 0 Å². The average Bonchev–Trinajstić information content (AvgIpc) is 2.29. The minimum absolute atomic E-state index is 0.284. The van der Waals surface area contributed by atoms with E-state index in [1.54, 1.807) is 0 Å². The zero-order valence-corrected chi connectivity index (χ0v) is 11.7. The van der Waals surface area contributed by atoms with Crippen molar-refractivity contribution < 1.29 is 9.53 Å². The lowest BCUT2D eigenvalue weighted by molar-refractivity contribution is -0.147. The molecule has 0 N–H and O–H groups in total. The molecule has 0 aromatic heterocycles. The molecule has 2 rings (SSSR count). The third kappa shape index (κ3) is 3.70. The molecule has 1 saturated carbocycles. The van der Waals surface area contributed by atoms with E-state index >= 15 is 0 Å². The van der Waals surface area contributed by atoms with Gasteiger partial charge in [-0.3, -0.25) is 4.79 Å². The van der Waals surface area contributed by atoms with Gasteiger partial charge in [-0.05, 0) is 31.6 Å². The molecule has 2 aliphatic rings. The summed E-state index contributed by atoms with van der Waals surface area (Å²) in [4.78, 5) is 14.0. The first kappa shape index (κ1) is 14.5. The molecule has 2 fully saturated rings. The maximum absolute atomic E-state index is 12.1. The van der Waals surface area contributed by atoms with Gasteiger partial charge in [0.25, 0.3) is 0 Å². The summed E-state index contributed by atoms with van der Waals surface area (Å²) >= 11 is 0. The molecular formula is C14H27NO2. The highest BCUT2D eigenvalue weighted by molar-refractivity contribution is 5.79. The third-order valence-electron chi connectivity index (χ3n) is 3.88. The Kier molecular flexibility index (Phi) is 5.96. The monoisotopic (exact) mass is 241 g/mol. The van der Waals surface area contributed by atoms with Crippen molar-refractivity contribution in [3.05, 3.63) is 0 Å². The van der Waals surface area contributed by atoms with E-state index in [2.05, 4.69) is 6.92 Å². The van der Waals surface area contributed by atoms with Crippen LogP contribution < -0.4 is 0 Å². The molecule has 1 aliphatic heterocycles. The smallest absolute Gasteiger partial charge is 0.225 e. The van der Waals surface area contributed by atoms with Gasteiger partial charge >= 0.3 is 0 Å². The van der Waals surface area contributed by atoms with Crippen LogP contribution in [-0.2, 0) is 9.53 Å². The molecule has 0 aromatic carbocycles. The summed E-state index contributed by atoms with van der Waals surface area (Å²) in [6.07, 6.45) is 4.59. The molecule has 0 radical (unpaired) electrons. The lowest BCUT2D eigenvalue weighted by Crippen LogP contribution is -2.51. The van der Waals surface area contributed by atoms with Gasteiger partial charge in [0.05, 0.1) is 19.3 Å². The Bertz CT molecular complexity index is 230. The summed E-state index contributed by atoms with van der Waals surface area (Å²) in [6, 6.07) is 0.344. The van der Waals surface area contributed by atoms with Crippen LogP contribution in [0.2, 0.25) is 0 Å². The van der Waals surface area contributed by atoms with Gasteiger partial charge in [0.1, 0.15) is 0 Å². The van der Waals surface area contributed by atoms with Crippen molar-refractivity contribution in [2.24, 2.45) is 11.8 Å². The van der Waals surface area contributed by atoms with Crippen LogP contribution >= 0.6 is 0 Å². The Morgan fingerprint density at radius 1 is 1.12 bits per heavy atom. The fourth-order valence-corrected chi connectivity index (χ4v) is 2.42. The summed E-state index contributed by atoms with van der Waals surface area (Å²) in [7, 11) is 1.92. The number of carbonyl (C=O) groups is 1. The van der Waals surface area contributed by atoms with Crippen LogP contribution in [0.3, 0.4) is 0 Å². The third-order valence-corrected chi connectivity index (χ3v) is 3.88. The fourth-order valence-electron chi connectivity index (χ4n) is 2.42. The topological polar surface area (TPSA) is 29.5 Å². The molecule has 1 amide bonds. The van der Waals surface area contributed by atoms with Crippen LogP contribution in [0.1, 0.15) is 46.5 Å². The van der Waals surface area contributed by atoms with Gasteiger partial charge < -0.3 is 9.64 Å². The summed E-state index contributed by atoms with van der Waals surface area (Å²) in [5.74, 6) is 1.44. The van der Waals surface area contributed by atoms with Gasteiger partial charge in [0.2, 0.25) is 5.91 Å². The van der Waals surface area contributed by atoms with Crippen LogP contribution in [0.5, 0.6) is 0 Å². The van der Waals surface area contributed by atoms with E-state index in [1.165, 1.54) is 12.8 Å². The predicted octanol–water partition coefficient (Wildman–Crippen LogP) is 2.70. The zero-order valence-electron chi connectivity index (χ0n) is 11.7. The number of rotatable bonds is 2. The van der Waals surface area contributed by atoms with Crippen LogP contribution in [0.25, 0.3) is 0 Å². The second kappa shape index (κ2) is 7.00. The van der Waals surface area contributed by atoms with E-state index in [-0.39, 0.29) is 5.92 Å². The van der Waals surface area contributed by atoms with Crippen molar-refractivity contribution >= 4 is 5.91 Å². The molecule has 0 atom stereocenters. The van der Waals surface area contributed by atoms with Gasteiger partial charge in [0.15, 0.2) is 0 Å². The maximum Gasteiger partial charge on any atom is 0.225 e. The van der Waals surface area contributed by atoms with Crippen LogP contribution in [0, 0.1) is 11.8 Å². The van der Waals surface area contributed by atoms with E-state index in [1.807, 2.05) is 25.8 Å². The summed E-state index contributed by atoms with van der Waals surface area (Å²) < 4.78 is 5.12. The first-order valence-electron chi connectivity index (χ1n) is 7.03. The van der Waals surface area contributed by atoms with Crippen molar-refractivity contribution in [1.82, 2.24) is 4.90 Å². The SMILES string of the molecule is CC.CC1CCC(C(=O)N(C)C2COC2)CC1. The van der Waals surface area contributed by atoms with Gasteiger partial charge in [-0.25, -0.2) is 0 Å². The number of amides is 1. The molecule has 3 heteroatoms. The second-order valence-electron chi connectivity index (χ2n) is 5.10. The van der Waals surface area contributed by atoms with Crippen molar-refractivity contribution in [2.45, 2.75) is 52.5 Å². The quantitative estimate of drug-likeness (QED) is 0.744. The molecule has 3 nitrogen and oxygen atoms in total. The fraction of sp³-hybridized carbons (Fsp3) is 0.929. The minimum atomic E-state index is 0.284. The Morgan fingerprint density at radius 3 is 2.06 bits per heavy atom. The van der Waals surface area contributed by atoms with Crippen molar-refractivity contribution in [1.29, 1.82) is 0 Å². The molecular weight excluding hydrogens is 214 g/mol. The molecule has 17 heavy (non-hydrogen) atoms. The van der Waals surface area contributed by atoms with Crippen LogP contribution in [-0.4, -0.2) is 37.1 Å².